The highest BCUT2D eigenvalue weighted by atomic mass is 32.2. The van der Waals surface area contributed by atoms with Gasteiger partial charge in [-0.25, -0.2) is 0 Å². The third kappa shape index (κ3) is 2.94. The highest BCUT2D eigenvalue weighted by Crippen LogP contribution is 2.17. The maximum absolute atomic E-state index is 12.2. The number of nitrogens with zero attached hydrogens (tertiary/aromatic N) is 2. The van der Waals surface area contributed by atoms with Crippen molar-refractivity contribution in [3.63, 3.8) is 0 Å². The summed E-state index contributed by atoms with van der Waals surface area (Å²) in [6, 6.07) is -0.0111. The van der Waals surface area contributed by atoms with E-state index in [0.717, 1.165) is 0 Å². The van der Waals surface area contributed by atoms with Gasteiger partial charge in [-0.2, -0.15) is 17.0 Å². The minimum atomic E-state index is -3.31. The molecule has 1 aliphatic heterocycles. The summed E-state index contributed by atoms with van der Waals surface area (Å²) in [5.74, 6) is 0. The van der Waals surface area contributed by atoms with Gasteiger partial charge in [-0.15, -0.1) is 0 Å². The molecule has 0 aromatic heterocycles. The average Bonchev–Trinajstić information content (AvgIpc) is 2.14. The lowest BCUT2D eigenvalue weighted by molar-refractivity contribution is 0.219. The predicted octanol–water partition coefficient (Wildman–Crippen LogP) is 0.255. The predicted molar refractivity (Wildman–Crippen MR) is 65.5 cm³/mol. The lowest BCUT2D eigenvalue weighted by Crippen LogP contribution is -2.60. The molecule has 0 atom stereocenters. The zero-order chi connectivity index (χ0) is 12.6. The summed E-state index contributed by atoms with van der Waals surface area (Å²) in [6.45, 7) is 9.57. The first-order valence-electron chi connectivity index (χ1n) is 5.65. The lowest BCUT2D eigenvalue weighted by Gasteiger charge is -2.40. The second kappa shape index (κ2) is 4.60. The van der Waals surface area contributed by atoms with Crippen LogP contribution in [0.15, 0.2) is 0 Å². The van der Waals surface area contributed by atoms with E-state index in [-0.39, 0.29) is 11.6 Å². The van der Waals surface area contributed by atoms with E-state index in [1.807, 2.05) is 27.7 Å². The van der Waals surface area contributed by atoms with Crippen LogP contribution in [0, 0.1) is 0 Å². The molecule has 0 spiro atoms. The Labute approximate surface area is 99.0 Å². The largest absolute Gasteiger partial charge is 0.309 e. The highest BCUT2D eigenvalue weighted by Gasteiger charge is 2.35. The monoisotopic (exact) mass is 249 g/mol. The van der Waals surface area contributed by atoms with Crippen LogP contribution in [0.4, 0.5) is 0 Å². The molecule has 0 aromatic rings. The summed E-state index contributed by atoms with van der Waals surface area (Å²) in [5, 5.41) is 3.30. The maximum Gasteiger partial charge on any atom is 0.282 e. The van der Waals surface area contributed by atoms with Crippen molar-refractivity contribution in [3.8, 4) is 0 Å². The fraction of sp³-hybridized carbons (Fsp3) is 1.00. The van der Waals surface area contributed by atoms with Gasteiger partial charge in [0.25, 0.3) is 10.2 Å². The fourth-order valence-electron chi connectivity index (χ4n) is 1.74. The molecule has 0 aromatic carbocycles. The van der Waals surface area contributed by atoms with E-state index in [1.54, 1.807) is 11.4 Å². The molecule has 1 N–H and O–H groups in total. The molecule has 0 saturated carbocycles. The van der Waals surface area contributed by atoms with Crippen LogP contribution in [-0.2, 0) is 10.2 Å². The van der Waals surface area contributed by atoms with Crippen LogP contribution in [0.1, 0.15) is 27.7 Å². The number of rotatable bonds is 3. The Balaban J connectivity index is 2.84. The molecule has 0 amide bonds. The van der Waals surface area contributed by atoms with Gasteiger partial charge in [0.05, 0.1) is 0 Å². The van der Waals surface area contributed by atoms with Crippen molar-refractivity contribution in [3.05, 3.63) is 0 Å². The van der Waals surface area contributed by atoms with Gasteiger partial charge >= 0.3 is 0 Å². The van der Waals surface area contributed by atoms with Gasteiger partial charge < -0.3 is 5.32 Å². The molecular weight excluding hydrogens is 226 g/mol. The summed E-state index contributed by atoms with van der Waals surface area (Å²) in [5.41, 5.74) is -0.150. The van der Waals surface area contributed by atoms with Crippen molar-refractivity contribution in [2.45, 2.75) is 39.3 Å². The molecule has 1 rings (SSSR count). The van der Waals surface area contributed by atoms with Crippen molar-refractivity contribution in [1.82, 2.24) is 13.9 Å². The van der Waals surface area contributed by atoms with E-state index in [9.17, 15) is 8.42 Å². The number of hydrogen-bond donors (Lipinski definition) is 1. The topological polar surface area (TPSA) is 52.7 Å². The second-order valence-electron chi connectivity index (χ2n) is 5.26. The van der Waals surface area contributed by atoms with E-state index < -0.39 is 10.2 Å². The zero-order valence-electron chi connectivity index (χ0n) is 10.8. The molecule has 1 heterocycles. The molecule has 1 fully saturated rings. The smallest absolute Gasteiger partial charge is 0.282 e. The van der Waals surface area contributed by atoms with E-state index in [4.69, 9.17) is 0 Å². The van der Waals surface area contributed by atoms with E-state index in [0.29, 0.717) is 19.6 Å². The Bertz CT molecular complexity index is 338. The molecule has 6 heteroatoms. The first-order valence-corrected chi connectivity index (χ1v) is 7.05. The van der Waals surface area contributed by atoms with Gasteiger partial charge in [0, 0.05) is 38.3 Å². The molecule has 1 saturated heterocycles. The van der Waals surface area contributed by atoms with Crippen LogP contribution in [0.5, 0.6) is 0 Å². The summed E-state index contributed by atoms with van der Waals surface area (Å²) in [7, 11) is -1.67. The zero-order valence-corrected chi connectivity index (χ0v) is 11.6. The Morgan fingerprint density at radius 1 is 1.38 bits per heavy atom. The summed E-state index contributed by atoms with van der Waals surface area (Å²) in [4.78, 5) is 0. The Morgan fingerprint density at radius 2 is 1.94 bits per heavy atom. The summed E-state index contributed by atoms with van der Waals surface area (Å²) < 4.78 is 27.5. The van der Waals surface area contributed by atoms with Gasteiger partial charge in [0.15, 0.2) is 0 Å². The molecule has 16 heavy (non-hydrogen) atoms. The van der Waals surface area contributed by atoms with Crippen LogP contribution in [0.3, 0.4) is 0 Å². The fourth-order valence-corrected chi connectivity index (χ4v) is 3.45. The van der Waals surface area contributed by atoms with Gasteiger partial charge in [0.2, 0.25) is 0 Å². The average molecular weight is 249 g/mol. The van der Waals surface area contributed by atoms with Gasteiger partial charge in [-0.1, -0.05) is 0 Å². The summed E-state index contributed by atoms with van der Waals surface area (Å²) >= 11 is 0. The normalized spacial score (nSPS) is 22.9. The van der Waals surface area contributed by atoms with Crippen LogP contribution < -0.4 is 5.32 Å². The van der Waals surface area contributed by atoms with E-state index in [2.05, 4.69) is 5.32 Å². The molecule has 1 aliphatic rings. The van der Waals surface area contributed by atoms with Gasteiger partial charge in [-0.3, -0.25) is 0 Å². The van der Waals surface area contributed by atoms with Crippen LogP contribution in [0.2, 0.25) is 0 Å². The van der Waals surface area contributed by atoms with Crippen molar-refractivity contribution in [2.24, 2.45) is 0 Å². The third-order valence-corrected chi connectivity index (χ3v) is 5.07. The van der Waals surface area contributed by atoms with Crippen LogP contribution >= 0.6 is 0 Å². The third-order valence-electron chi connectivity index (χ3n) is 2.95. The minimum absolute atomic E-state index is 0.0111. The van der Waals surface area contributed by atoms with E-state index >= 15 is 0 Å². The quantitative estimate of drug-likeness (QED) is 0.780. The molecule has 0 radical (unpaired) electrons. The standard InChI is InChI=1S/C10H23N3O2S/c1-9(2)12(5)16(14,15)13-7-6-11-10(3,4)8-13/h9,11H,6-8H2,1-5H3. The first-order chi connectivity index (χ1) is 7.17. The van der Waals surface area contributed by atoms with Crippen molar-refractivity contribution >= 4 is 10.2 Å². The lowest BCUT2D eigenvalue weighted by atomic mass is 10.0. The number of hydrogen-bond acceptors (Lipinski definition) is 3. The SMILES string of the molecule is CC(C)N(C)S(=O)(=O)N1CCNC(C)(C)C1. The van der Waals surface area contributed by atoms with Crippen LogP contribution in [0.25, 0.3) is 0 Å². The van der Waals surface area contributed by atoms with Crippen molar-refractivity contribution in [1.29, 1.82) is 0 Å². The molecule has 0 bridgehead atoms. The van der Waals surface area contributed by atoms with E-state index in [1.165, 1.54) is 4.31 Å². The molecule has 5 nitrogen and oxygen atoms in total. The molecular formula is C10H23N3O2S. The maximum atomic E-state index is 12.2. The number of nitrogens with one attached hydrogen (secondary N) is 1. The second-order valence-corrected chi connectivity index (χ2v) is 7.25. The molecule has 0 unspecified atom stereocenters. The van der Waals surface area contributed by atoms with Crippen LogP contribution in [-0.4, -0.2) is 55.3 Å². The molecule has 0 aliphatic carbocycles. The van der Waals surface area contributed by atoms with Gasteiger partial charge in [0.1, 0.15) is 0 Å². The minimum Gasteiger partial charge on any atom is -0.309 e. The first kappa shape index (κ1) is 13.9. The van der Waals surface area contributed by atoms with Gasteiger partial charge in [-0.05, 0) is 27.7 Å². The Morgan fingerprint density at radius 3 is 2.38 bits per heavy atom. The summed E-state index contributed by atoms with van der Waals surface area (Å²) in [6.07, 6.45) is 0. The number of piperazine rings is 1. The van der Waals surface area contributed by atoms with Crippen molar-refractivity contribution in [2.75, 3.05) is 26.7 Å². The molecule has 96 valence electrons. The Kier molecular flexibility index (Phi) is 3.99. The Hall–Kier alpha value is -0.170. The highest BCUT2D eigenvalue weighted by molar-refractivity contribution is 7.86. The van der Waals surface area contributed by atoms with Crippen molar-refractivity contribution < 1.29 is 8.42 Å².